The fraction of sp³-hybridized carbons (Fsp3) is 0.250. The van der Waals surface area contributed by atoms with Gasteiger partial charge >= 0.3 is 0 Å². The number of aromatic nitrogens is 1. The number of sulfonamides is 1. The minimum Gasteiger partial charge on any atom is -0.360 e. The first-order valence-corrected chi connectivity index (χ1v) is 7.68. The third-order valence-corrected chi connectivity index (χ3v) is 4.15. The van der Waals surface area contributed by atoms with Crippen molar-refractivity contribution in [1.29, 1.82) is 0 Å². The van der Waals surface area contributed by atoms with Crippen LogP contribution in [0.15, 0.2) is 45.9 Å². The number of aryl methyl sites for hydroxylation is 1. The number of hydrogen-bond donors (Lipinski definition) is 1. The Morgan fingerprint density at radius 3 is 2.53 bits per heavy atom. The Morgan fingerprint density at radius 1 is 1.21 bits per heavy atom. The van der Waals surface area contributed by atoms with Gasteiger partial charge in [0.25, 0.3) is 0 Å². The van der Waals surface area contributed by atoms with Crippen molar-refractivity contribution in [1.82, 2.24) is 9.88 Å². The van der Waals surface area contributed by atoms with Crippen LogP contribution in [0.5, 0.6) is 0 Å². The molecule has 19 heavy (non-hydrogen) atoms. The number of benzene rings is 1. The van der Waals surface area contributed by atoms with E-state index in [1.165, 1.54) is 6.20 Å². The van der Waals surface area contributed by atoms with E-state index in [9.17, 15) is 8.42 Å². The molecule has 7 heteroatoms. The topological polar surface area (TPSA) is 72.2 Å². The number of hydrogen-bond acceptors (Lipinski definition) is 4. The maximum Gasteiger partial charge on any atom is 0.240 e. The van der Waals surface area contributed by atoms with Gasteiger partial charge in [-0.1, -0.05) is 17.3 Å². The zero-order valence-electron chi connectivity index (χ0n) is 10.0. The van der Waals surface area contributed by atoms with Gasteiger partial charge in [-0.2, -0.15) is 0 Å². The van der Waals surface area contributed by atoms with Crippen molar-refractivity contribution < 1.29 is 12.9 Å². The van der Waals surface area contributed by atoms with Gasteiger partial charge in [-0.25, -0.2) is 13.1 Å². The van der Waals surface area contributed by atoms with Crippen molar-refractivity contribution in [2.45, 2.75) is 17.9 Å². The predicted molar refractivity (Wildman–Crippen MR) is 71.4 cm³/mol. The van der Waals surface area contributed by atoms with E-state index < -0.39 is 10.0 Å². The van der Waals surface area contributed by atoms with Crippen LogP contribution in [0.1, 0.15) is 11.3 Å². The van der Waals surface area contributed by atoms with E-state index in [2.05, 4.69) is 9.88 Å². The van der Waals surface area contributed by atoms with E-state index in [0.717, 1.165) is 5.56 Å². The summed E-state index contributed by atoms with van der Waals surface area (Å²) in [6.07, 6.45) is 2.18. The van der Waals surface area contributed by atoms with Crippen molar-refractivity contribution >= 4 is 21.6 Å². The lowest BCUT2D eigenvalue weighted by Gasteiger charge is -2.06. The van der Waals surface area contributed by atoms with Crippen LogP contribution in [0.25, 0.3) is 0 Å². The molecule has 2 aromatic rings. The van der Waals surface area contributed by atoms with Crippen LogP contribution in [0, 0.1) is 0 Å². The van der Waals surface area contributed by atoms with Gasteiger partial charge in [-0.15, -0.1) is 11.6 Å². The molecule has 0 aliphatic heterocycles. The molecule has 1 N–H and O–H groups in total. The van der Waals surface area contributed by atoms with Crippen molar-refractivity contribution in [2.75, 3.05) is 5.88 Å². The average molecular weight is 301 g/mol. The average Bonchev–Trinajstić information content (AvgIpc) is 2.91. The Bertz CT molecular complexity index is 609. The predicted octanol–water partition coefficient (Wildman–Crippen LogP) is 1.93. The lowest BCUT2D eigenvalue weighted by molar-refractivity contribution is 0.380. The van der Waals surface area contributed by atoms with Gasteiger partial charge in [0.2, 0.25) is 10.0 Å². The summed E-state index contributed by atoms with van der Waals surface area (Å²) in [6.45, 7) is 0.0752. The minimum atomic E-state index is -3.54. The summed E-state index contributed by atoms with van der Waals surface area (Å²) in [4.78, 5) is 0.213. The first-order chi connectivity index (χ1) is 9.12. The molecule has 1 aromatic heterocycles. The summed E-state index contributed by atoms with van der Waals surface area (Å²) in [6, 6.07) is 8.23. The minimum absolute atomic E-state index is 0.0752. The van der Waals surface area contributed by atoms with Crippen LogP contribution in [-0.2, 0) is 23.0 Å². The van der Waals surface area contributed by atoms with E-state index in [1.807, 2.05) is 0 Å². The Labute approximate surface area is 116 Å². The van der Waals surface area contributed by atoms with E-state index in [0.29, 0.717) is 18.1 Å². The normalized spacial score (nSPS) is 11.6. The second-order valence-electron chi connectivity index (χ2n) is 3.89. The smallest absolute Gasteiger partial charge is 0.240 e. The van der Waals surface area contributed by atoms with Gasteiger partial charge in [-0.3, -0.25) is 0 Å². The number of alkyl halides is 1. The lowest BCUT2D eigenvalue weighted by Crippen LogP contribution is -2.23. The maximum absolute atomic E-state index is 12.0. The quantitative estimate of drug-likeness (QED) is 0.828. The van der Waals surface area contributed by atoms with Crippen LogP contribution >= 0.6 is 11.6 Å². The van der Waals surface area contributed by atoms with Crippen molar-refractivity contribution in [3.63, 3.8) is 0 Å². The van der Waals surface area contributed by atoms with Gasteiger partial charge in [0.05, 0.1) is 17.6 Å². The molecule has 0 amide bonds. The molecule has 0 aliphatic rings. The number of rotatable bonds is 6. The molecule has 0 spiro atoms. The summed E-state index contributed by atoms with van der Waals surface area (Å²) in [7, 11) is -3.54. The molecule has 1 aromatic carbocycles. The number of nitrogens with zero attached hydrogens (tertiary/aromatic N) is 1. The fourth-order valence-corrected chi connectivity index (χ4v) is 2.74. The van der Waals surface area contributed by atoms with Crippen molar-refractivity contribution in [3.05, 3.63) is 47.9 Å². The summed E-state index contributed by atoms with van der Waals surface area (Å²) in [5.74, 6) is 0.970. The summed E-state index contributed by atoms with van der Waals surface area (Å²) in [5, 5.41) is 3.51. The molecular formula is C12H13ClN2O3S. The van der Waals surface area contributed by atoms with Crippen molar-refractivity contribution in [2.24, 2.45) is 0 Å². The van der Waals surface area contributed by atoms with E-state index in [1.54, 1.807) is 30.3 Å². The van der Waals surface area contributed by atoms with Crippen LogP contribution in [-0.4, -0.2) is 19.5 Å². The van der Waals surface area contributed by atoms with Gasteiger partial charge in [0.15, 0.2) is 5.76 Å². The van der Waals surface area contributed by atoms with Crippen LogP contribution < -0.4 is 4.72 Å². The van der Waals surface area contributed by atoms with E-state index >= 15 is 0 Å². The molecule has 5 nitrogen and oxygen atoms in total. The molecule has 2 rings (SSSR count). The highest BCUT2D eigenvalue weighted by molar-refractivity contribution is 7.89. The number of halogens is 1. The highest BCUT2D eigenvalue weighted by Crippen LogP contribution is 2.12. The molecule has 0 unspecified atom stereocenters. The lowest BCUT2D eigenvalue weighted by atomic mass is 10.2. The first-order valence-electron chi connectivity index (χ1n) is 5.66. The van der Waals surface area contributed by atoms with E-state index in [-0.39, 0.29) is 11.4 Å². The third kappa shape index (κ3) is 3.79. The molecule has 0 aliphatic carbocycles. The van der Waals surface area contributed by atoms with Crippen molar-refractivity contribution in [3.8, 4) is 0 Å². The largest absolute Gasteiger partial charge is 0.360 e. The van der Waals surface area contributed by atoms with Crippen LogP contribution in [0.2, 0.25) is 0 Å². The Kier molecular flexibility index (Phi) is 4.57. The second-order valence-corrected chi connectivity index (χ2v) is 6.03. The standard InChI is InChI=1S/C12H13ClN2O3S/c13-7-5-10-1-3-12(4-2-10)19(16,17)15-9-11-6-8-14-18-11/h1-4,6,8,15H,5,7,9H2. The Hall–Kier alpha value is -1.37. The number of nitrogens with one attached hydrogen (secondary N) is 1. The van der Waals surface area contributed by atoms with Crippen LogP contribution in [0.3, 0.4) is 0 Å². The SMILES string of the molecule is O=S(=O)(NCc1ccno1)c1ccc(CCCl)cc1. The highest BCUT2D eigenvalue weighted by atomic mass is 35.5. The Balaban J connectivity index is 2.06. The molecular weight excluding hydrogens is 288 g/mol. The molecule has 0 saturated carbocycles. The summed E-state index contributed by atoms with van der Waals surface area (Å²) in [5.41, 5.74) is 1.00. The van der Waals surface area contributed by atoms with Crippen LogP contribution in [0.4, 0.5) is 0 Å². The molecule has 0 bridgehead atoms. The fourth-order valence-electron chi connectivity index (χ4n) is 1.53. The van der Waals surface area contributed by atoms with E-state index in [4.69, 9.17) is 16.1 Å². The van der Waals surface area contributed by atoms with Gasteiger partial charge in [0, 0.05) is 11.9 Å². The van der Waals surface area contributed by atoms with Gasteiger partial charge in [-0.05, 0) is 24.1 Å². The van der Waals surface area contributed by atoms with Gasteiger partial charge in [0.1, 0.15) is 0 Å². The second kappa shape index (κ2) is 6.18. The first kappa shape index (κ1) is 14.0. The molecule has 1 heterocycles. The summed E-state index contributed by atoms with van der Waals surface area (Å²) < 4.78 is 31.3. The molecule has 102 valence electrons. The van der Waals surface area contributed by atoms with Gasteiger partial charge < -0.3 is 4.52 Å². The molecule has 0 atom stereocenters. The zero-order chi connectivity index (χ0) is 13.7. The zero-order valence-corrected chi connectivity index (χ0v) is 11.6. The monoisotopic (exact) mass is 300 g/mol. The highest BCUT2D eigenvalue weighted by Gasteiger charge is 2.14. The summed E-state index contributed by atoms with van der Waals surface area (Å²) >= 11 is 5.63. The molecule has 0 saturated heterocycles. The molecule has 0 fully saturated rings. The Morgan fingerprint density at radius 2 is 1.95 bits per heavy atom. The third-order valence-electron chi connectivity index (χ3n) is 2.54. The maximum atomic E-state index is 12.0. The molecule has 0 radical (unpaired) electrons.